The minimum Gasteiger partial charge on any atom is -0.497 e. The van der Waals surface area contributed by atoms with Crippen molar-refractivity contribution in [3.63, 3.8) is 0 Å². The number of aryl methyl sites for hydroxylation is 2. The first kappa shape index (κ1) is 12.6. The van der Waals surface area contributed by atoms with Gasteiger partial charge in [-0.25, -0.2) is 0 Å². The maximum atomic E-state index is 5.41. The standard InChI is InChI=1S/C17H17NO2/c1-19-15-7-4-13(5-8-15)2-3-14-6-9-17-16(12-14)18-10-11-20-17/h4-12,18H,2-3H2,1H3. The van der Waals surface area contributed by atoms with Crippen LogP contribution in [0.15, 0.2) is 54.9 Å². The summed E-state index contributed by atoms with van der Waals surface area (Å²) in [7, 11) is 1.69. The molecule has 0 radical (unpaired) electrons. The summed E-state index contributed by atoms with van der Waals surface area (Å²) in [6.45, 7) is 0. The highest BCUT2D eigenvalue weighted by atomic mass is 16.5. The first-order valence-electron chi connectivity index (χ1n) is 6.69. The Kier molecular flexibility index (Phi) is 3.59. The number of rotatable bonds is 4. The quantitative estimate of drug-likeness (QED) is 0.915. The highest BCUT2D eigenvalue weighted by Crippen LogP contribution is 2.28. The normalized spacial score (nSPS) is 12.2. The third kappa shape index (κ3) is 2.77. The van der Waals surface area contributed by atoms with E-state index in [0.29, 0.717) is 0 Å². The van der Waals surface area contributed by atoms with E-state index in [2.05, 4.69) is 29.6 Å². The average Bonchev–Trinajstić information content (AvgIpc) is 2.53. The van der Waals surface area contributed by atoms with Crippen LogP contribution in [0, 0.1) is 0 Å². The molecule has 3 rings (SSSR count). The van der Waals surface area contributed by atoms with Crippen molar-refractivity contribution in [2.45, 2.75) is 12.8 Å². The van der Waals surface area contributed by atoms with Crippen molar-refractivity contribution in [3.05, 3.63) is 66.1 Å². The summed E-state index contributed by atoms with van der Waals surface area (Å²) in [6, 6.07) is 14.5. The molecule has 1 heterocycles. The van der Waals surface area contributed by atoms with Gasteiger partial charge in [0, 0.05) is 6.20 Å². The van der Waals surface area contributed by atoms with Crippen molar-refractivity contribution in [2.75, 3.05) is 12.4 Å². The van der Waals surface area contributed by atoms with Gasteiger partial charge >= 0.3 is 0 Å². The first-order chi connectivity index (χ1) is 9.85. The number of anilines is 1. The zero-order valence-electron chi connectivity index (χ0n) is 11.4. The first-order valence-corrected chi connectivity index (χ1v) is 6.69. The molecule has 0 atom stereocenters. The molecule has 3 heteroatoms. The molecule has 0 unspecified atom stereocenters. The number of nitrogens with one attached hydrogen (secondary N) is 1. The Morgan fingerprint density at radius 3 is 2.55 bits per heavy atom. The molecule has 3 nitrogen and oxygen atoms in total. The zero-order valence-corrected chi connectivity index (χ0v) is 11.4. The van der Waals surface area contributed by atoms with Gasteiger partial charge in [0.05, 0.1) is 12.8 Å². The van der Waals surface area contributed by atoms with Crippen molar-refractivity contribution in [2.24, 2.45) is 0 Å². The number of fused-ring (bicyclic) bond motifs is 1. The van der Waals surface area contributed by atoms with Crippen LogP contribution in [0.25, 0.3) is 0 Å². The summed E-state index contributed by atoms with van der Waals surface area (Å²) in [5.74, 6) is 1.77. The molecule has 0 saturated carbocycles. The fourth-order valence-electron chi connectivity index (χ4n) is 2.26. The summed E-state index contributed by atoms with van der Waals surface area (Å²) in [6.07, 6.45) is 5.47. The van der Waals surface area contributed by atoms with Gasteiger partial charge < -0.3 is 14.8 Å². The Morgan fingerprint density at radius 1 is 1.00 bits per heavy atom. The lowest BCUT2D eigenvalue weighted by molar-refractivity contribution is 0.414. The molecule has 0 amide bonds. The predicted molar refractivity (Wildman–Crippen MR) is 80.2 cm³/mol. The van der Waals surface area contributed by atoms with Gasteiger partial charge in [0.25, 0.3) is 0 Å². The summed E-state index contributed by atoms with van der Waals surface area (Å²) < 4.78 is 10.6. The molecule has 2 aromatic rings. The van der Waals surface area contributed by atoms with Gasteiger partial charge in [0.2, 0.25) is 0 Å². The average molecular weight is 267 g/mol. The Balaban J connectivity index is 1.66. The lowest BCUT2D eigenvalue weighted by Crippen LogP contribution is -2.00. The van der Waals surface area contributed by atoms with E-state index in [1.807, 2.05) is 18.2 Å². The lowest BCUT2D eigenvalue weighted by atomic mass is 10.0. The van der Waals surface area contributed by atoms with E-state index >= 15 is 0 Å². The van der Waals surface area contributed by atoms with Crippen LogP contribution in [-0.2, 0) is 12.8 Å². The van der Waals surface area contributed by atoms with Crippen molar-refractivity contribution >= 4 is 5.69 Å². The maximum absolute atomic E-state index is 5.41. The summed E-state index contributed by atoms with van der Waals surface area (Å²) in [5.41, 5.74) is 3.64. The Bertz CT molecular complexity index is 617. The molecule has 0 saturated heterocycles. The van der Waals surface area contributed by atoms with Crippen LogP contribution in [0.2, 0.25) is 0 Å². The number of ether oxygens (including phenoxy) is 2. The third-order valence-electron chi connectivity index (χ3n) is 3.41. The van der Waals surface area contributed by atoms with E-state index in [-0.39, 0.29) is 0 Å². The van der Waals surface area contributed by atoms with Crippen molar-refractivity contribution in [1.82, 2.24) is 0 Å². The van der Waals surface area contributed by atoms with Gasteiger partial charge in [0.15, 0.2) is 0 Å². The fourth-order valence-corrected chi connectivity index (χ4v) is 2.26. The number of hydrogen-bond donors (Lipinski definition) is 1. The molecule has 1 aliphatic rings. The molecule has 102 valence electrons. The minimum atomic E-state index is 0.876. The van der Waals surface area contributed by atoms with Crippen LogP contribution in [0.5, 0.6) is 11.5 Å². The second-order valence-corrected chi connectivity index (χ2v) is 4.74. The Labute approximate surface area is 118 Å². The molecule has 2 aromatic carbocycles. The van der Waals surface area contributed by atoms with E-state index in [1.165, 1.54) is 11.1 Å². The fraction of sp³-hybridized carbons (Fsp3) is 0.176. The van der Waals surface area contributed by atoms with E-state index in [4.69, 9.17) is 9.47 Å². The molecule has 1 N–H and O–H groups in total. The second kappa shape index (κ2) is 5.70. The molecule has 0 aliphatic carbocycles. The van der Waals surface area contributed by atoms with Gasteiger partial charge in [0.1, 0.15) is 17.8 Å². The number of benzene rings is 2. The minimum absolute atomic E-state index is 0.876. The van der Waals surface area contributed by atoms with Crippen LogP contribution in [0.4, 0.5) is 5.69 Å². The van der Waals surface area contributed by atoms with Crippen LogP contribution >= 0.6 is 0 Å². The Hall–Kier alpha value is -2.42. The van der Waals surface area contributed by atoms with Gasteiger partial charge in [-0.05, 0) is 48.2 Å². The van der Waals surface area contributed by atoms with E-state index in [9.17, 15) is 0 Å². The van der Waals surface area contributed by atoms with Crippen LogP contribution in [0.3, 0.4) is 0 Å². The van der Waals surface area contributed by atoms with E-state index in [0.717, 1.165) is 30.0 Å². The van der Waals surface area contributed by atoms with Gasteiger partial charge in [-0.1, -0.05) is 18.2 Å². The zero-order chi connectivity index (χ0) is 13.8. The van der Waals surface area contributed by atoms with E-state index in [1.54, 1.807) is 19.6 Å². The third-order valence-corrected chi connectivity index (χ3v) is 3.41. The molecule has 0 bridgehead atoms. The van der Waals surface area contributed by atoms with Gasteiger partial charge in [-0.2, -0.15) is 0 Å². The van der Waals surface area contributed by atoms with Crippen molar-refractivity contribution < 1.29 is 9.47 Å². The number of hydrogen-bond acceptors (Lipinski definition) is 3. The van der Waals surface area contributed by atoms with Crippen molar-refractivity contribution in [3.8, 4) is 11.5 Å². The van der Waals surface area contributed by atoms with Crippen LogP contribution in [0.1, 0.15) is 11.1 Å². The van der Waals surface area contributed by atoms with Crippen LogP contribution in [-0.4, -0.2) is 7.11 Å². The molecule has 20 heavy (non-hydrogen) atoms. The van der Waals surface area contributed by atoms with Gasteiger partial charge in [-0.15, -0.1) is 0 Å². The molecular formula is C17H17NO2. The molecule has 0 fully saturated rings. The second-order valence-electron chi connectivity index (χ2n) is 4.74. The molecule has 0 aromatic heterocycles. The summed E-state index contributed by atoms with van der Waals surface area (Å²) in [5, 5.41) is 3.19. The summed E-state index contributed by atoms with van der Waals surface area (Å²) >= 11 is 0. The molecule has 0 spiro atoms. The number of methoxy groups -OCH3 is 1. The monoisotopic (exact) mass is 267 g/mol. The largest absolute Gasteiger partial charge is 0.497 e. The molecule has 1 aliphatic heterocycles. The highest BCUT2D eigenvalue weighted by Gasteiger charge is 2.06. The van der Waals surface area contributed by atoms with Crippen molar-refractivity contribution in [1.29, 1.82) is 0 Å². The SMILES string of the molecule is COc1ccc(CCc2ccc3c(c2)NC=CO3)cc1. The van der Waals surface area contributed by atoms with Gasteiger partial charge in [-0.3, -0.25) is 0 Å². The lowest BCUT2D eigenvalue weighted by Gasteiger charge is -2.14. The van der Waals surface area contributed by atoms with Crippen LogP contribution < -0.4 is 14.8 Å². The predicted octanol–water partition coefficient (Wildman–Crippen LogP) is 3.76. The van der Waals surface area contributed by atoms with E-state index < -0.39 is 0 Å². The maximum Gasteiger partial charge on any atom is 0.150 e. The topological polar surface area (TPSA) is 30.5 Å². The summed E-state index contributed by atoms with van der Waals surface area (Å²) in [4.78, 5) is 0. The Morgan fingerprint density at radius 2 is 1.75 bits per heavy atom. The highest BCUT2D eigenvalue weighted by molar-refractivity contribution is 5.61. The smallest absolute Gasteiger partial charge is 0.150 e. The molecular weight excluding hydrogens is 250 g/mol.